The molecule has 1 atom stereocenters. The molecule has 0 bridgehead atoms. The minimum Gasteiger partial charge on any atom is -0.331 e. The Morgan fingerprint density at radius 3 is 2.47 bits per heavy atom. The molecule has 0 aliphatic carbocycles. The van der Waals surface area contributed by atoms with Crippen molar-refractivity contribution in [2.24, 2.45) is 0 Å². The van der Waals surface area contributed by atoms with Gasteiger partial charge in [-0.15, -0.1) is 0 Å². The van der Waals surface area contributed by atoms with Gasteiger partial charge in [0.05, 0.1) is 34.2 Å². The molecule has 160 valence electrons. The maximum Gasteiger partial charge on any atom is 0.400 e. The second-order valence-electron chi connectivity index (χ2n) is 5.92. The average molecular weight is 498 g/mol. The molecule has 1 aromatic carbocycles. The van der Waals surface area contributed by atoms with Crippen molar-refractivity contribution in [2.45, 2.75) is 18.5 Å². The van der Waals surface area contributed by atoms with Gasteiger partial charge in [0.25, 0.3) is 7.52 Å². The lowest BCUT2D eigenvalue weighted by Gasteiger charge is -2.21. The summed E-state index contributed by atoms with van der Waals surface area (Å²) in [5, 5.41) is 3.05. The van der Waals surface area contributed by atoms with Crippen molar-refractivity contribution in [3.05, 3.63) is 58.2 Å². The summed E-state index contributed by atoms with van der Waals surface area (Å²) in [6.45, 7) is 1.86. The molecule has 2 aromatic heterocycles. The van der Waals surface area contributed by atoms with Crippen molar-refractivity contribution in [2.75, 3.05) is 11.7 Å². The van der Waals surface area contributed by atoms with Gasteiger partial charge in [0.1, 0.15) is 0 Å². The first-order chi connectivity index (χ1) is 14.1. The summed E-state index contributed by atoms with van der Waals surface area (Å²) in [5.41, 5.74) is 0.996. The van der Waals surface area contributed by atoms with Crippen LogP contribution in [0.4, 0.5) is 14.5 Å². The zero-order chi connectivity index (χ0) is 21.9. The van der Waals surface area contributed by atoms with Gasteiger partial charge in [-0.2, -0.15) is 13.8 Å². The standard InChI is InChI=1S/C17H14Cl3F2N4O3P/c1-2-28-30(27,26-14-12(18)4-3-5-13(14)19)9-11-7-6-10(8-23-11)15-24-16(29-25-15)17(20,21)22/h3-8H,2,9H2,1H3,(H,26,27). The summed E-state index contributed by atoms with van der Waals surface area (Å²) in [6, 6.07) is 7.91. The molecule has 3 rings (SSSR count). The van der Waals surface area contributed by atoms with E-state index in [4.69, 9.17) is 39.3 Å². The highest BCUT2D eigenvalue weighted by Gasteiger charge is 2.35. The summed E-state index contributed by atoms with van der Waals surface area (Å²) < 4.78 is 49.2. The molecule has 30 heavy (non-hydrogen) atoms. The first-order valence-electron chi connectivity index (χ1n) is 8.43. The number of rotatable bonds is 8. The molecular weight excluding hydrogens is 484 g/mol. The maximum atomic E-state index is 13.3. The number of aromatic nitrogens is 3. The van der Waals surface area contributed by atoms with Crippen LogP contribution in [0.25, 0.3) is 11.4 Å². The van der Waals surface area contributed by atoms with Gasteiger partial charge in [-0.25, -0.2) is 0 Å². The third-order valence-electron chi connectivity index (χ3n) is 3.70. The number of hydrogen-bond acceptors (Lipinski definition) is 6. The molecule has 7 nitrogen and oxygen atoms in total. The Hall–Kier alpha value is -1.77. The summed E-state index contributed by atoms with van der Waals surface area (Å²) in [7, 11) is -3.47. The third-order valence-corrected chi connectivity index (χ3v) is 6.48. The third kappa shape index (κ3) is 5.47. The SMILES string of the molecule is CCOP(=O)(Cc1ccc(-c2noc(C(F)(F)Cl)n2)cn1)Nc1c(Cl)cccc1Cl. The minimum atomic E-state index is -3.77. The van der Waals surface area contributed by atoms with Crippen LogP contribution in [-0.4, -0.2) is 21.7 Å². The lowest BCUT2D eigenvalue weighted by molar-refractivity contribution is 0.0551. The Kier molecular flexibility index (Phi) is 6.99. The Balaban J connectivity index is 1.81. The molecule has 1 unspecified atom stereocenters. The largest absolute Gasteiger partial charge is 0.400 e. The van der Waals surface area contributed by atoms with Crippen molar-refractivity contribution in [3.63, 3.8) is 0 Å². The number of nitrogens with one attached hydrogen (secondary N) is 1. The molecule has 3 aromatic rings. The van der Waals surface area contributed by atoms with Crippen molar-refractivity contribution in [1.29, 1.82) is 0 Å². The van der Waals surface area contributed by atoms with Gasteiger partial charge in [0, 0.05) is 11.8 Å². The van der Waals surface area contributed by atoms with E-state index in [0.717, 1.165) is 0 Å². The number of nitrogens with zero attached hydrogens (tertiary/aromatic N) is 3. The number of para-hydroxylation sites is 1. The molecule has 0 amide bonds. The molecule has 0 aliphatic rings. The summed E-state index contributed by atoms with van der Waals surface area (Å²) in [5.74, 6) is -1.14. The van der Waals surface area contributed by atoms with Crippen LogP contribution in [0, 0.1) is 0 Å². The molecule has 1 N–H and O–H groups in total. The van der Waals surface area contributed by atoms with E-state index >= 15 is 0 Å². The van der Waals surface area contributed by atoms with Crippen LogP contribution in [0.5, 0.6) is 0 Å². The Labute approximate surface area is 185 Å². The second-order valence-corrected chi connectivity index (χ2v) is 9.35. The predicted octanol–water partition coefficient (Wildman–Crippen LogP) is 6.57. The van der Waals surface area contributed by atoms with E-state index < -0.39 is 18.8 Å². The zero-order valence-corrected chi connectivity index (χ0v) is 18.4. The highest BCUT2D eigenvalue weighted by molar-refractivity contribution is 7.59. The molecule has 0 saturated heterocycles. The topological polar surface area (TPSA) is 90.1 Å². The van der Waals surface area contributed by atoms with Gasteiger partial charge in [-0.1, -0.05) is 34.4 Å². The zero-order valence-electron chi connectivity index (χ0n) is 15.3. The average Bonchev–Trinajstić information content (AvgIpc) is 3.16. The lowest BCUT2D eigenvalue weighted by atomic mass is 10.2. The van der Waals surface area contributed by atoms with Crippen LogP contribution in [0.1, 0.15) is 18.5 Å². The molecule has 0 spiro atoms. The van der Waals surface area contributed by atoms with E-state index in [1.807, 2.05) is 0 Å². The molecule has 0 aliphatic heterocycles. The highest BCUT2D eigenvalue weighted by atomic mass is 35.5. The van der Waals surface area contributed by atoms with E-state index in [9.17, 15) is 13.3 Å². The van der Waals surface area contributed by atoms with E-state index in [1.165, 1.54) is 18.3 Å². The first-order valence-corrected chi connectivity index (χ1v) is 11.4. The quantitative estimate of drug-likeness (QED) is 0.278. The highest BCUT2D eigenvalue weighted by Crippen LogP contribution is 2.52. The Morgan fingerprint density at radius 1 is 1.23 bits per heavy atom. The molecule has 0 fully saturated rings. The van der Waals surface area contributed by atoms with Gasteiger partial charge >= 0.3 is 11.3 Å². The van der Waals surface area contributed by atoms with Gasteiger partial charge in [0.15, 0.2) is 0 Å². The number of alkyl halides is 3. The van der Waals surface area contributed by atoms with Crippen LogP contribution >= 0.6 is 42.3 Å². The molecule has 2 heterocycles. The molecule has 0 radical (unpaired) electrons. The normalized spacial score (nSPS) is 13.8. The van der Waals surface area contributed by atoms with Gasteiger partial charge in [-0.3, -0.25) is 9.55 Å². The maximum absolute atomic E-state index is 13.3. The lowest BCUT2D eigenvalue weighted by Crippen LogP contribution is -2.06. The Morgan fingerprint density at radius 2 is 1.93 bits per heavy atom. The summed E-state index contributed by atoms with van der Waals surface area (Å²) in [6.07, 6.45) is 1.25. The smallest absolute Gasteiger partial charge is 0.331 e. The van der Waals surface area contributed by atoms with Gasteiger partial charge < -0.3 is 14.1 Å². The number of anilines is 1. The van der Waals surface area contributed by atoms with E-state index in [-0.39, 0.29) is 34.3 Å². The van der Waals surface area contributed by atoms with Crippen LogP contribution in [-0.2, 0) is 20.6 Å². The van der Waals surface area contributed by atoms with Crippen LogP contribution < -0.4 is 5.09 Å². The summed E-state index contributed by atoms with van der Waals surface area (Å²) >= 11 is 17.1. The molecule has 13 heteroatoms. The number of halogens is 5. The fraction of sp³-hybridized carbons (Fsp3) is 0.235. The fourth-order valence-electron chi connectivity index (χ4n) is 2.42. The molecular formula is C17H14Cl3F2N4O3P. The second kappa shape index (κ2) is 9.16. The first kappa shape index (κ1) is 22.9. The summed E-state index contributed by atoms with van der Waals surface area (Å²) in [4.78, 5) is 7.72. The van der Waals surface area contributed by atoms with Crippen molar-refractivity contribution < 1.29 is 22.4 Å². The van der Waals surface area contributed by atoms with Crippen LogP contribution in [0.3, 0.4) is 0 Å². The van der Waals surface area contributed by atoms with Gasteiger partial charge in [0.2, 0.25) is 5.82 Å². The fourth-order valence-corrected chi connectivity index (χ4v) is 4.97. The van der Waals surface area contributed by atoms with Crippen LogP contribution in [0.15, 0.2) is 41.1 Å². The van der Waals surface area contributed by atoms with E-state index in [0.29, 0.717) is 11.3 Å². The van der Waals surface area contributed by atoms with E-state index in [1.54, 1.807) is 25.1 Å². The molecule has 0 saturated carbocycles. The monoisotopic (exact) mass is 496 g/mol. The predicted molar refractivity (Wildman–Crippen MR) is 110 cm³/mol. The van der Waals surface area contributed by atoms with Crippen molar-refractivity contribution in [1.82, 2.24) is 15.1 Å². The van der Waals surface area contributed by atoms with Gasteiger partial charge in [-0.05, 0) is 42.8 Å². The number of pyridine rings is 1. The minimum absolute atomic E-state index is 0.0834. The van der Waals surface area contributed by atoms with Crippen molar-refractivity contribution in [3.8, 4) is 11.4 Å². The van der Waals surface area contributed by atoms with Crippen LogP contribution in [0.2, 0.25) is 10.0 Å². The van der Waals surface area contributed by atoms with Crippen molar-refractivity contribution >= 4 is 48.0 Å². The number of benzene rings is 1. The van der Waals surface area contributed by atoms with E-state index in [2.05, 4.69) is 24.7 Å². The Bertz CT molecular complexity index is 1060. The number of hydrogen-bond donors (Lipinski definition) is 1.